The van der Waals surface area contributed by atoms with E-state index in [4.69, 9.17) is 0 Å². The first-order chi connectivity index (χ1) is 0. The molecule has 0 unspecified atom stereocenters. The molecule has 0 aromatic rings. The van der Waals surface area contributed by atoms with Gasteiger partial charge in [0.05, 0.1) is 0 Å². The zero-order valence-electron chi connectivity index (χ0n) is 3.27. The van der Waals surface area contributed by atoms with E-state index in [-0.39, 0.29) is 153 Å². The van der Waals surface area contributed by atoms with Gasteiger partial charge in [0, 0.05) is 0 Å². The fourth-order valence-corrected chi connectivity index (χ4v) is 0. The molecule has 0 aliphatic heterocycles. The molecule has 0 saturated heterocycles. The van der Waals surface area contributed by atoms with Gasteiger partial charge in [-0.1, -0.05) is 0 Å². The van der Waals surface area contributed by atoms with Crippen LogP contribution in [0.2, 0.25) is 0 Å². The maximum absolute atomic E-state index is 0. The van der Waals surface area contributed by atoms with Gasteiger partial charge in [0.25, 0.3) is 0 Å². The third kappa shape index (κ3) is 37.4. The Morgan fingerprint density at radius 1 is 0.286 bits per heavy atom. The summed E-state index contributed by atoms with van der Waals surface area (Å²) in [6.07, 6.45) is 0. The minimum Gasteiger partial charge on any atom is -1.00 e. The smallest absolute Gasteiger partial charge is 1.00 e. The largest absolute Gasteiger partial charge is 1.00 e. The summed E-state index contributed by atoms with van der Waals surface area (Å²) >= 11 is 0. The summed E-state index contributed by atoms with van der Waals surface area (Å²) < 4.78 is 0. The van der Waals surface area contributed by atoms with Gasteiger partial charge in [0.2, 0.25) is 0 Å². The quantitative estimate of drug-likeness (QED) is 0.280. The van der Waals surface area contributed by atoms with Crippen molar-refractivity contribution in [1.29, 1.82) is 0 Å². The van der Waals surface area contributed by atoms with E-state index >= 15 is 0 Å². The maximum atomic E-state index is 0. The molecule has 0 spiro atoms. The molecule has 0 aliphatic rings. The Hall–Kier alpha value is 4.52. The van der Waals surface area contributed by atoms with Crippen molar-refractivity contribution in [3.05, 3.63) is 0 Å². The second-order valence-electron chi connectivity index (χ2n) is 0. The zero-order chi connectivity index (χ0) is 0. The Morgan fingerprint density at radius 3 is 0.286 bits per heavy atom. The van der Waals surface area contributed by atoms with Gasteiger partial charge in [-0.2, -0.15) is 0 Å². The molecule has 0 atom stereocenters. The fraction of sp³-hybridized carbons (Fsp3) is 0. The molecule has 0 aromatic carbocycles. The average molecular weight is 519 g/mol. The van der Waals surface area contributed by atoms with Crippen LogP contribution in [0, 0.1) is 0 Å². The predicted molar refractivity (Wildman–Crippen MR) is 0 cm³/mol. The van der Waals surface area contributed by atoms with Crippen molar-refractivity contribution in [2.45, 2.75) is 0 Å². The molecule has 0 radical (unpaired) electrons. The van der Waals surface area contributed by atoms with Crippen LogP contribution in [0.25, 0.3) is 0 Å². The second kappa shape index (κ2) is 46.7. The molecular formula is Br6K-5. The van der Waals surface area contributed by atoms with Crippen molar-refractivity contribution in [3.8, 4) is 0 Å². The van der Waals surface area contributed by atoms with E-state index in [2.05, 4.69) is 0 Å². The third-order valence-corrected chi connectivity index (χ3v) is 0. The van der Waals surface area contributed by atoms with Crippen LogP contribution in [0.15, 0.2) is 0 Å². The van der Waals surface area contributed by atoms with E-state index in [0.29, 0.717) is 0 Å². The number of hydrogen-bond donors (Lipinski definition) is 0. The van der Waals surface area contributed by atoms with Crippen molar-refractivity contribution in [2.24, 2.45) is 0 Å². The molecular weight excluding hydrogens is 519 g/mol. The average Bonchev–Trinajstić information content (AvgIpc) is 0. The molecule has 0 saturated carbocycles. The molecule has 48 valence electrons. The van der Waals surface area contributed by atoms with E-state index in [1.165, 1.54) is 0 Å². The van der Waals surface area contributed by atoms with E-state index < -0.39 is 0 Å². The van der Waals surface area contributed by atoms with Crippen molar-refractivity contribution in [1.82, 2.24) is 0 Å². The number of halogens is 6. The summed E-state index contributed by atoms with van der Waals surface area (Å²) in [7, 11) is 0. The van der Waals surface area contributed by atoms with Gasteiger partial charge < -0.3 is 102 Å². The first-order valence-corrected chi connectivity index (χ1v) is 0. The van der Waals surface area contributed by atoms with E-state index in [1.54, 1.807) is 0 Å². The van der Waals surface area contributed by atoms with Crippen LogP contribution in [0.1, 0.15) is 0 Å². The van der Waals surface area contributed by atoms with Crippen LogP contribution in [0.4, 0.5) is 0 Å². The first kappa shape index (κ1) is 62.4. The van der Waals surface area contributed by atoms with E-state index in [9.17, 15) is 0 Å². The topological polar surface area (TPSA) is 0 Å². The Balaban J connectivity index is 0. The standard InChI is InChI=1S/6BrH.K/h6*1H;/q;;;;;;+1/p-6. The normalized spacial score (nSPS) is 0. The zero-order valence-corrected chi connectivity index (χ0v) is 15.9. The van der Waals surface area contributed by atoms with Crippen LogP contribution >= 0.6 is 0 Å². The summed E-state index contributed by atoms with van der Waals surface area (Å²) in [5.74, 6) is 0. The van der Waals surface area contributed by atoms with Crippen LogP contribution in [-0.2, 0) is 0 Å². The van der Waals surface area contributed by atoms with Crippen molar-refractivity contribution >= 4 is 0 Å². The van der Waals surface area contributed by atoms with Crippen LogP contribution in [0.5, 0.6) is 0 Å². The van der Waals surface area contributed by atoms with Gasteiger partial charge in [-0.05, 0) is 0 Å². The summed E-state index contributed by atoms with van der Waals surface area (Å²) in [5, 5.41) is 0. The monoisotopic (exact) mass is 512 g/mol. The van der Waals surface area contributed by atoms with Crippen molar-refractivity contribution in [3.63, 3.8) is 0 Å². The molecule has 0 rings (SSSR count). The minimum absolute atomic E-state index is 0. The van der Waals surface area contributed by atoms with Gasteiger partial charge >= 0.3 is 51.4 Å². The Labute approximate surface area is 149 Å². The van der Waals surface area contributed by atoms with Gasteiger partial charge in [-0.3, -0.25) is 0 Å². The van der Waals surface area contributed by atoms with Gasteiger partial charge in [0.15, 0.2) is 0 Å². The number of hydrogen-bond acceptors (Lipinski definition) is 0. The molecule has 0 bridgehead atoms. The molecule has 0 aliphatic carbocycles. The maximum Gasteiger partial charge on any atom is 1.00 e. The molecule has 0 N–H and O–H groups in total. The molecule has 0 amide bonds. The molecule has 0 heterocycles. The van der Waals surface area contributed by atoms with Gasteiger partial charge in [-0.15, -0.1) is 0 Å². The van der Waals surface area contributed by atoms with Crippen LogP contribution in [0.3, 0.4) is 0 Å². The third-order valence-electron chi connectivity index (χ3n) is 0. The van der Waals surface area contributed by atoms with E-state index in [1.807, 2.05) is 0 Å². The van der Waals surface area contributed by atoms with Gasteiger partial charge in [0.1, 0.15) is 0 Å². The van der Waals surface area contributed by atoms with E-state index in [0.717, 1.165) is 0 Å². The summed E-state index contributed by atoms with van der Waals surface area (Å²) in [6, 6.07) is 0. The number of rotatable bonds is 0. The van der Waals surface area contributed by atoms with Crippen LogP contribution in [-0.4, -0.2) is 0 Å². The minimum atomic E-state index is 0. The molecule has 0 fully saturated rings. The molecule has 0 aromatic heterocycles. The first-order valence-electron chi connectivity index (χ1n) is 0. The molecule has 7 heteroatoms. The predicted octanol–water partition coefficient (Wildman–Crippen LogP) is -21.0. The molecule has 0 nitrogen and oxygen atoms in total. The van der Waals surface area contributed by atoms with Crippen molar-refractivity contribution in [2.75, 3.05) is 0 Å². The second-order valence-corrected chi connectivity index (χ2v) is 0. The Bertz CT molecular complexity index is 4.14. The summed E-state index contributed by atoms with van der Waals surface area (Å²) in [5.41, 5.74) is 0. The Morgan fingerprint density at radius 2 is 0.286 bits per heavy atom. The molecule has 7 heavy (non-hydrogen) atoms. The SMILES string of the molecule is [Br-].[Br-].[Br-].[Br-].[Br-].[Br-].[K+]. The Kier molecular flexibility index (Phi) is 416. The fourth-order valence-electron chi connectivity index (χ4n) is 0. The summed E-state index contributed by atoms with van der Waals surface area (Å²) in [6.45, 7) is 0. The van der Waals surface area contributed by atoms with Crippen LogP contribution < -0.4 is 153 Å². The van der Waals surface area contributed by atoms with Gasteiger partial charge in [-0.25, -0.2) is 0 Å². The summed E-state index contributed by atoms with van der Waals surface area (Å²) in [4.78, 5) is 0. The van der Waals surface area contributed by atoms with Crippen molar-refractivity contribution < 1.29 is 153 Å².